The molecule has 0 aliphatic carbocycles. The minimum atomic E-state index is -0.552. The second-order valence-corrected chi connectivity index (χ2v) is 2.51. The minimum Gasteiger partial charge on any atom is -0.396 e. The van der Waals surface area contributed by atoms with Crippen molar-refractivity contribution in [2.75, 3.05) is 19.8 Å². The number of rotatable bonds is 5. The molecule has 3 nitrogen and oxygen atoms in total. The zero-order valence-electron chi connectivity index (χ0n) is 6.63. The molecule has 1 unspecified atom stereocenters. The SMILES string of the molecule is CCOC(C)(CO)CCO. The zero-order chi connectivity index (χ0) is 8.04. The molecule has 0 saturated heterocycles. The van der Waals surface area contributed by atoms with Crippen LogP contribution in [0.1, 0.15) is 20.3 Å². The maximum atomic E-state index is 8.81. The molecule has 0 amide bonds. The molecule has 0 spiro atoms. The molecule has 2 N–H and O–H groups in total. The van der Waals surface area contributed by atoms with Crippen molar-refractivity contribution in [1.29, 1.82) is 0 Å². The van der Waals surface area contributed by atoms with Gasteiger partial charge in [0, 0.05) is 19.6 Å². The maximum Gasteiger partial charge on any atom is 0.0905 e. The third-order valence-corrected chi connectivity index (χ3v) is 1.47. The van der Waals surface area contributed by atoms with Gasteiger partial charge < -0.3 is 14.9 Å². The van der Waals surface area contributed by atoms with Crippen molar-refractivity contribution >= 4 is 0 Å². The van der Waals surface area contributed by atoms with E-state index >= 15 is 0 Å². The molecule has 0 aromatic carbocycles. The summed E-state index contributed by atoms with van der Waals surface area (Å²) in [6, 6.07) is 0. The molecule has 1 atom stereocenters. The molecule has 0 fully saturated rings. The Morgan fingerprint density at radius 1 is 1.40 bits per heavy atom. The first-order valence-electron chi connectivity index (χ1n) is 3.54. The number of aliphatic hydroxyl groups is 2. The van der Waals surface area contributed by atoms with Crippen LogP contribution in [0.3, 0.4) is 0 Å². The highest BCUT2D eigenvalue weighted by molar-refractivity contribution is 4.72. The van der Waals surface area contributed by atoms with Gasteiger partial charge in [0.05, 0.1) is 12.2 Å². The molecule has 10 heavy (non-hydrogen) atoms. The van der Waals surface area contributed by atoms with E-state index in [1.54, 1.807) is 6.92 Å². The predicted octanol–water partition coefficient (Wildman–Crippen LogP) is 0.156. The number of aliphatic hydroxyl groups excluding tert-OH is 2. The number of hydrogen-bond donors (Lipinski definition) is 2. The normalized spacial score (nSPS) is 16.8. The van der Waals surface area contributed by atoms with E-state index < -0.39 is 5.60 Å². The Bertz CT molecular complexity index is 76.9. The molecule has 0 bridgehead atoms. The first-order chi connectivity index (χ1) is 4.68. The van der Waals surface area contributed by atoms with Crippen molar-refractivity contribution in [2.45, 2.75) is 25.9 Å². The highest BCUT2D eigenvalue weighted by atomic mass is 16.5. The third kappa shape index (κ3) is 3.15. The van der Waals surface area contributed by atoms with E-state index in [4.69, 9.17) is 14.9 Å². The maximum absolute atomic E-state index is 8.81. The van der Waals surface area contributed by atoms with E-state index in [-0.39, 0.29) is 13.2 Å². The van der Waals surface area contributed by atoms with Gasteiger partial charge in [0.15, 0.2) is 0 Å². The smallest absolute Gasteiger partial charge is 0.0905 e. The number of ether oxygens (including phenoxy) is 1. The summed E-state index contributed by atoms with van der Waals surface area (Å²) in [4.78, 5) is 0. The lowest BCUT2D eigenvalue weighted by molar-refractivity contribution is -0.0737. The fourth-order valence-corrected chi connectivity index (χ4v) is 0.782. The Balaban J connectivity index is 3.69. The van der Waals surface area contributed by atoms with E-state index in [0.717, 1.165) is 0 Å². The molecule has 0 aliphatic heterocycles. The van der Waals surface area contributed by atoms with Crippen molar-refractivity contribution in [3.05, 3.63) is 0 Å². The summed E-state index contributed by atoms with van der Waals surface area (Å²) in [5, 5.41) is 17.4. The van der Waals surface area contributed by atoms with Crippen LogP contribution in [0.4, 0.5) is 0 Å². The molecule has 0 aromatic rings. The van der Waals surface area contributed by atoms with Gasteiger partial charge in [-0.05, 0) is 13.8 Å². The summed E-state index contributed by atoms with van der Waals surface area (Å²) in [6.07, 6.45) is 0.483. The number of hydrogen-bond acceptors (Lipinski definition) is 3. The zero-order valence-corrected chi connectivity index (χ0v) is 6.63. The molecule has 3 heteroatoms. The predicted molar refractivity (Wildman–Crippen MR) is 38.8 cm³/mol. The summed E-state index contributed by atoms with van der Waals surface area (Å²) in [6.45, 7) is 4.23. The van der Waals surface area contributed by atoms with Gasteiger partial charge in [-0.15, -0.1) is 0 Å². The summed E-state index contributed by atoms with van der Waals surface area (Å²) in [5.41, 5.74) is -0.552. The van der Waals surface area contributed by atoms with Crippen LogP contribution < -0.4 is 0 Å². The van der Waals surface area contributed by atoms with Crippen molar-refractivity contribution in [3.63, 3.8) is 0 Å². The fraction of sp³-hybridized carbons (Fsp3) is 1.00. The Labute approximate surface area is 61.6 Å². The molecular weight excluding hydrogens is 132 g/mol. The highest BCUT2D eigenvalue weighted by Gasteiger charge is 2.22. The Morgan fingerprint density at radius 2 is 2.00 bits per heavy atom. The quantitative estimate of drug-likeness (QED) is 0.583. The van der Waals surface area contributed by atoms with E-state index in [2.05, 4.69) is 0 Å². The van der Waals surface area contributed by atoms with E-state index in [0.29, 0.717) is 13.0 Å². The van der Waals surface area contributed by atoms with Gasteiger partial charge in [-0.3, -0.25) is 0 Å². The van der Waals surface area contributed by atoms with E-state index in [1.165, 1.54) is 0 Å². The molecule has 0 radical (unpaired) electrons. The molecule has 0 aromatic heterocycles. The van der Waals surface area contributed by atoms with Crippen molar-refractivity contribution in [1.82, 2.24) is 0 Å². The Morgan fingerprint density at radius 3 is 2.30 bits per heavy atom. The van der Waals surface area contributed by atoms with Gasteiger partial charge in [0.25, 0.3) is 0 Å². The van der Waals surface area contributed by atoms with Gasteiger partial charge in [0.2, 0.25) is 0 Å². The highest BCUT2D eigenvalue weighted by Crippen LogP contribution is 2.13. The van der Waals surface area contributed by atoms with Crippen LogP contribution in [0.25, 0.3) is 0 Å². The minimum absolute atomic E-state index is 0.0403. The summed E-state index contributed by atoms with van der Waals surface area (Å²) >= 11 is 0. The van der Waals surface area contributed by atoms with Crippen LogP contribution in [-0.4, -0.2) is 35.6 Å². The lowest BCUT2D eigenvalue weighted by Crippen LogP contribution is -2.34. The molecular formula is C7H16O3. The van der Waals surface area contributed by atoms with Gasteiger partial charge >= 0.3 is 0 Å². The average Bonchev–Trinajstić information content (AvgIpc) is 1.89. The van der Waals surface area contributed by atoms with Crippen LogP contribution in [0, 0.1) is 0 Å². The van der Waals surface area contributed by atoms with Gasteiger partial charge in [-0.1, -0.05) is 0 Å². The second-order valence-electron chi connectivity index (χ2n) is 2.51. The molecule has 0 saturated carbocycles. The second kappa shape index (κ2) is 4.66. The van der Waals surface area contributed by atoms with Crippen molar-refractivity contribution in [2.24, 2.45) is 0 Å². The van der Waals surface area contributed by atoms with E-state index in [9.17, 15) is 0 Å². The topological polar surface area (TPSA) is 49.7 Å². The standard InChI is InChI=1S/C7H16O3/c1-3-10-7(2,6-9)4-5-8/h8-9H,3-6H2,1-2H3. The van der Waals surface area contributed by atoms with Crippen molar-refractivity contribution in [3.8, 4) is 0 Å². The molecule has 62 valence electrons. The first-order valence-corrected chi connectivity index (χ1v) is 3.54. The lowest BCUT2D eigenvalue weighted by Gasteiger charge is -2.25. The Kier molecular flexibility index (Phi) is 4.60. The average molecular weight is 148 g/mol. The van der Waals surface area contributed by atoms with Crippen molar-refractivity contribution < 1.29 is 14.9 Å². The molecule has 0 rings (SSSR count). The van der Waals surface area contributed by atoms with Gasteiger partial charge in [-0.25, -0.2) is 0 Å². The fourth-order valence-electron chi connectivity index (χ4n) is 0.782. The lowest BCUT2D eigenvalue weighted by atomic mass is 10.0. The Hall–Kier alpha value is -0.120. The van der Waals surface area contributed by atoms with Crippen LogP contribution in [0.2, 0.25) is 0 Å². The van der Waals surface area contributed by atoms with Crippen LogP contribution in [0.5, 0.6) is 0 Å². The first kappa shape index (κ1) is 9.88. The summed E-state index contributed by atoms with van der Waals surface area (Å²) < 4.78 is 5.21. The van der Waals surface area contributed by atoms with Gasteiger partial charge in [-0.2, -0.15) is 0 Å². The molecule has 0 aliphatic rings. The van der Waals surface area contributed by atoms with Gasteiger partial charge in [0.1, 0.15) is 0 Å². The summed E-state index contributed by atoms with van der Waals surface area (Å²) in [5.74, 6) is 0. The largest absolute Gasteiger partial charge is 0.396 e. The summed E-state index contributed by atoms with van der Waals surface area (Å²) in [7, 11) is 0. The molecule has 0 heterocycles. The third-order valence-electron chi connectivity index (χ3n) is 1.47. The monoisotopic (exact) mass is 148 g/mol. The van der Waals surface area contributed by atoms with Crippen LogP contribution >= 0.6 is 0 Å². The van der Waals surface area contributed by atoms with Crippen LogP contribution in [0.15, 0.2) is 0 Å². The van der Waals surface area contributed by atoms with Crippen LogP contribution in [-0.2, 0) is 4.74 Å². The van der Waals surface area contributed by atoms with E-state index in [1.807, 2.05) is 6.92 Å².